The number of methoxy groups -OCH3 is 2. The molecule has 0 spiro atoms. The molecule has 0 N–H and O–H groups in total. The molecule has 5 heterocycles. The Morgan fingerprint density at radius 2 is 1.29 bits per heavy atom. The first-order valence-corrected chi connectivity index (χ1v) is 13.3. The summed E-state index contributed by atoms with van der Waals surface area (Å²) in [5.41, 5.74) is 9.17. The number of aromatic nitrogens is 4. The molecule has 0 aromatic carbocycles. The third kappa shape index (κ3) is 6.30. The van der Waals surface area contributed by atoms with Gasteiger partial charge in [-0.05, 0) is 40.5 Å². The van der Waals surface area contributed by atoms with Crippen LogP contribution >= 0.6 is 0 Å². The van der Waals surface area contributed by atoms with Crippen LogP contribution in [0.2, 0.25) is 0 Å². The Hall–Kier alpha value is -3.72. The molecule has 1 radical (unpaired) electrons. The Bertz CT molecular complexity index is 1870. The molecule has 4 aromatic heterocycles. The SMILES string of the molecule is COC(=O)CCc1c2[n-]c(c1C)/C=c1/cc(C)/c([n-]1)=C/c1cc(C)c([n-]1)/C=c1\[n-]/c(c(CCC(=O)OC)c1C)=C\2.[Ag]. The molecule has 0 amide bonds. The molecule has 4 aromatic rings. The molecule has 0 atom stereocenters. The third-order valence-electron chi connectivity index (χ3n) is 7.54. The van der Waals surface area contributed by atoms with Gasteiger partial charge >= 0.3 is 11.9 Å². The van der Waals surface area contributed by atoms with Crippen molar-refractivity contribution in [3.63, 3.8) is 0 Å². The summed E-state index contributed by atoms with van der Waals surface area (Å²) in [6.07, 6.45) is 9.35. The number of nitrogens with zero attached hydrogens (tertiary/aromatic N) is 4. The Morgan fingerprint density at radius 3 is 1.98 bits per heavy atom. The summed E-state index contributed by atoms with van der Waals surface area (Å²) in [4.78, 5) is 43.7. The molecule has 219 valence electrons. The molecule has 0 unspecified atom stereocenters. The molecule has 1 aliphatic heterocycles. The van der Waals surface area contributed by atoms with Crippen LogP contribution in [0.4, 0.5) is 0 Å². The second-order valence-electron chi connectivity index (χ2n) is 10.2. The largest absolute Gasteiger partial charge is 0.658 e. The van der Waals surface area contributed by atoms with E-state index in [-0.39, 0.29) is 47.2 Å². The van der Waals surface area contributed by atoms with E-state index in [1.807, 2.05) is 64.1 Å². The minimum atomic E-state index is -0.279. The number of ether oxygens (including phenoxy) is 2. The van der Waals surface area contributed by atoms with E-state index in [1.54, 1.807) is 0 Å². The van der Waals surface area contributed by atoms with Gasteiger partial charge < -0.3 is 29.4 Å². The third-order valence-corrected chi connectivity index (χ3v) is 7.54. The standard InChI is InChI=1S/C32H32N4O4.Ag/c1-17-11-22-14-27-19(3)23(7-9-31(37)39-5)29(35-27)16-30-24(8-10-32(38)40-6)20(4)28(36-30)15-26-18(2)12-21(34-26)13-25(17)33-22;/h11-16H,7-10H2,1-6H3;/q-4;/b21-13?,22-14-,25-13-,26-15?,27-14?,28-15-,29-16?,30-16-;. The average molecular weight is 645 g/mol. The van der Waals surface area contributed by atoms with E-state index < -0.39 is 0 Å². The van der Waals surface area contributed by atoms with Gasteiger partial charge in [-0.3, -0.25) is 9.59 Å². The Balaban J connectivity index is 0.00000387. The second-order valence-corrected chi connectivity index (χ2v) is 10.2. The summed E-state index contributed by atoms with van der Waals surface area (Å²) < 4.78 is 9.80. The molecule has 41 heavy (non-hydrogen) atoms. The van der Waals surface area contributed by atoms with E-state index >= 15 is 0 Å². The maximum Gasteiger partial charge on any atom is 0.305 e. The van der Waals surface area contributed by atoms with E-state index in [9.17, 15) is 9.59 Å². The van der Waals surface area contributed by atoms with Crippen molar-refractivity contribution in [2.24, 2.45) is 0 Å². The number of hydrogen-bond acceptors (Lipinski definition) is 4. The monoisotopic (exact) mass is 643 g/mol. The summed E-state index contributed by atoms with van der Waals surface area (Å²) in [6, 6.07) is 4.09. The van der Waals surface area contributed by atoms with Crippen molar-refractivity contribution in [2.75, 3.05) is 14.2 Å². The van der Waals surface area contributed by atoms with Crippen LogP contribution in [0, 0.1) is 27.7 Å². The summed E-state index contributed by atoms with van der Waals surface area (Å²) in [7, 11) is 2.79. The Kier molecular flexibility index (Phi) is 9.17. The number of esters is 2. The van der Waals surface area contributed by atoms with E-state index in [2.05, 4.69) is 0 Å². The summed E-state index contributed by atoms with van der Waals surface area (Å²) in [5.74, 6) is -0.558. The zero-order valence-electron chi connectivity index (χ0n) is 24.0. The van der Waals surface area contributed by atoms with Crippen molar-refractivity contribution < 1.29 is 41.4 Å². The van der Waals surface area contributed by atoms with Crippen molar-refractivity contribution in [3.8, 4) is 0 Å². The molecule has 0 aliphatic carbocycles. The van der Waals surface area contributed by atoms with Gasteiger partial charge in [0.25, 0.3) is 0 Å². The molecule has 9 heteroatoms. The topological polar surface area (TPSA) is 109 Å². The van der Waals surface area contributed by atoms with Crippen LogP contribution in [0.3, 0.4) is 0 Å². The maximum absolute atomic E-state index is 12.0. The second kappa shape index (κ2) is 12.4. The molecule has 0 fully saturated rings. The van der Waals surface area contributed by atoms with Gasteiger partial charge in [0, 0.05) is 35.2 Å². The zero-order valence-corrected chi connectivity index (χ0v) is 25.5. The fourth-order valence-corrected chi connectivity index (χ4v) is 5.15. The number of carbonyl (C=O) groups excluding carboxylic acids is 2. The molecule has 8 bridgehead atoms. The number of hydrogen-bond donors (Lipinski definition) is 0. The summed E-state index contributed by atoms with van der Waals surface area (Å²) in [6.45, 7) is 8.10. The van der Waals surface area contributed by atoms with Crippen molar-refractivity contribution >= 4 is 36.2 Å². The number of aryl methyl sites for hydroxylation is 2. The van der Waals surface area contributed by atoms with E-state index in [0.29, 0.717) is 12.8 Å². The van der Waals surface area contributed by atoms with E-state index in [4.69, 9.17) is 29.4 Å². The van der Waals surface area contributed by atoms with Gasteiger partial charge in [-0.1, -0.05) is 69.8 Å². The van der Waals surface area contributed by atoms with Gasteiger partial charge in [-0.15, -0.1) is 44.2 Å². The van der Waals surface area contributed by atoms with Gasteiger partial charge in [-0.25, -0.2) is 0 Å². The normalized spacial score (nSPS) is 15.2. The molecular formula is C32H32AgN4O4-4. The molecule has 5 rings (SSSR count). The van der Waals surface area contributed by atoms with Gasteiger partial charge in [-0.2, -0.15) is 0 Å². The molecule has 8 nitrogen and oxygen atoms in total. The average Bonchev–Trinajstić information content (AvgIpc) is 3.62. The van der Waals surface area contributed by atoms with Gasteiger partial charge in [0.05, 0.1) is 14.2 Å². The molecule has 0 saturated heterocycles. The first-order valence-electron chi connectivity index (χ1n) is 13.3. The van der Waals surface area contributed by atoms with E-state index in [0.717, 1.165) is 77.6 Å². The fraction of sp³-hybridized carbons (Fsp3) is 0.312. The van der Waals surface area contributed by atoms with Gasteiger partial charge in [0.1, 0.15) is 0 Å². The Morgan fingerprint density at radius 1 is 0.634 bits per heavy atom. The van der Waals surface area contributed by atoms with Crippen LogP contribution in [0.5, 0.6) is 0 Å². The fourth-order valence-electron chi connectivity index (χ4n) is 5.15. The van der Waals surface area contributed by atoms with E-state index in [1.165, 1.54) is 14.2 Å². The maximum atomic E-state index is 12.0. The van der Waals surface area contributed by atoms with Gasteiger partial charge in [0.2, 0.25) is 0 Å². The van der Waals surface area contributed by atoms with Crippen LogP contribution in [0.1, 0.15) is 69.0 Å². The number of fused-ring (bicyclic) bond motifs is 8. The van der Waals surface area contributed by atoms with Gasteiger partial charge in [0.15, 0.2) is 0 Å². The van der Waals surface area contributed by atoms with Crippen LogP contribution in [0.25, 0.3) is 24.3 Å². The zero-order chi connectivity index (χ0) is 28.6. The molecular weight excluding hydrogens is 612 g/mol. The first-order chi connectivity index (χ1) is 19.2. The predicted molar refractivity (Wildman–Crippen MR) is 151 cm³/mol. The smallest absolute Gasteiger partial charge is 0.305 e. The summed E-state index contributed by atoms with van der Waals surface area (Å²) in [5, 5.41) is 3.20. The van der Waals surface area contributed by atoms with Crippen molar-refractivity contribution in [1.82, 2.24) is 19.9 Å². The first kappa shape index (κ1) is 30.2. The van der Waals surface area contributed by atoms with Crippen molar-refractivity contribution in [3.05, 3.63) is 89.7 Å². The van der Waals surface area contributed by atoms with Crippen LogP contribution in [-0.2, 0) is 54.3 Å². The number of rotatable bonds is 6. The predicted octanol–water partition coefficient (Wildman–Crippen LogP) is 0.586. The van der Waals surface area contributed by atoms with Crippen LogP contribution < -0.4 is 41.3 Å². The molecule has 0 saturated carbocycles. The summed E-state index contributed by atoms with van der Waals surface area (Å²) >= 11 is 0. The molecule has 1 aliphatic rings. The minimum Gasteiger partial charge on any atom is -0.658 e. The van der Waals surface area contributed by atoms with Crippen LogP contribution in [-0.4, -0.2) is 26.2 Å². The van der Waals surface area contributed by atoms with Crippen LogP contribution in [0.15, 0.2) is 12.1 Å². The van der Waals surface area contributed by atoms with Crippen molar-refractivity contribution in [1.29, 1.82) is 0 Å². The Labute approximate surface area is 254 Å². The quantitative estimate of drug-likeness (QED) is 0.195. The van der Waals surface area contributed by atoms with Crippen molar-refractivity contribution in [2.45, 2.75) is 53.4 Å². The number of carbonyl (C=O) groups is 2. The minimum absolute atomic E-state index is 0.